The highest BCUT2D eigenvalue weighted by molar-refractivity contribution is 6.22. The molecule has 0 saturated carbocycles. The van der Waals surface area contributed by atoms with Gasteiger partial charge in [0.15, 0.2) is 0 Å². The predicted octanol–water partition coefficient (Wildman–Crippen LogP) is 5.45. The maximum absolute atomic E-state index is 12.4. The van der Waals surface area contributed by atoms with Crippen molar-refractivity contribution in [3.05, 3.63) is 52.5 Å². The molecule has 0 bridgehead atoms. The molecule has 0 unspecified atom stereocenters. The first-order valence-corrected chi connectivity index (χ1v) is 15.1. The van der Waals surface area contributed by atoms with Gasteiger partial charge < -0.3 is 19.6 Å². The molecule has 3 aliphatic heterocycles. The Labute approximate surface area is 230 Å². The van der Waals surface area contributed by atoms with Gasteiger partial charge in [0, 0.05) is 64.1 Å². The summed E-state index contributed by atoms with van der Waals surface area (Å²) >= 11 is 0. The van der Waals surface area contributed by atoms with Gasteiger partial charge in [0.25, 0.3) is 0 Å². The van der Waals surface area contributed by atoms with Crippen LogP contribution in [0, 0.1) is 13.8 Å². The number of benzene rings is 1. The average Bonchev–Trinajstić information content (AvgIpc) is 3.76. The summed E-state index contributed by atoms with van der Waals surface area (Å²) in [6, 6.07) is 6.95. The van der Waals surface area contributed by atoms with Crippen LogP contribution in [0.25, 0.3) is 0 Å². The first kappa shape index (κ1) is 28.3. The summed E-state index contributed by atoms with van der Waals surface area (Å²) in [4.78, 5) is 33.1. The molecule has 0 aromatic heterocycles. The Balaban J connectivity index is 0.000000179. The molecule has 5 rings (SSSR count). The van der Waals surface area contributed by atoms with Crippen LogP contribution in [-0.2, 0) is 9.59 Å². The molecule has 6 heteroatoms. The Morgan fingerprint density at radius 1 is 0.684 bits per heavy atom. The number of hydrogen-bond acceptors (Lipinski definition) is 6. The zero-order valence-electron chi connectivity index (χ0n) is 24.2. The summed E-state index contributed by atoms with van der Waals surface area (Å²) in [6.07, 6.45) is 12.3. The van der Waals surface area contributed by atoms with E-state index in [-0.39, 0.29) is 11.6 Å². The minimum atomic E-state index is 0.00546. The fraction of sp³-hybridized carbons (Fsp3) is 0.625. The van der Waals surface area contributed by atoms with Gasteiger partial charge in [0.2, 0.25) is 11.6 Å². The molecule has 0 amide bonds. The van der Waals surface area contributed by atoms with E-state index >= 15 is 0 Å². The number of nitrogens with zero attached hydrogens (tertiary/aromatic N) is 4. The van der Waals surface area contributed by atoms with Gasteiger partial charge in [-0.1, -0.05) is 58.4 Å². The number of aryl methyl sites for hydroxylation is 2. The molecular weight excluding hydrogens is 472 g/mol. The van der Waals surface area contributed by atoms with Crippen molar-refractivity contribution in [1.82, 2.24) is 14.7 Å². The van der Waals surface area contributed by atoms with Crippen LogP contribution in [0.3, 0.4) is 0 Å². The third-order valence-corrected chi connectivity index (χ3v) is 7.91. The quantitative estimate of drug-likeness (QED) is 0.185. The number of hydrogen-bond donors (Lipinski definition) is 0. The monoisotopic (exact) mass is 520 g/mol. The van der Waals surface area contributed by atoms with E-state index in [0.717, 1.165) is 39.3 Å². The summed E-state index contributed by atoms with van der Waals surface area (Å²) in [5.74, 6) is 0.0485. The number of rotatable bonds is 14. The van der Waals surface area contributed by atoms with Crippen molar-refractivity contribution in [2.75, 3.05) is 57.3 Å². The lowest BCUT2D eigenvalue weighted by atomic mass is 10.0. The Bertz CT molecular complexity index is 1040. The normalized spacial score (nSPS) is 17.9. The molecule has 1 aromatic rings. The molecule has 1 aromatic carbocycles. The molecule has 4 aliphatic rings. The van der Waals surface area contributed by atoms with Gasteiger partial charge in [-0.25, -0.2) is 0 Å². The SMILES string of the molecule is CCCCCCN(CCCCCC)c1ccc(C)c(C)c1.O=C1C=C(N2CC2)C(=O)C(N2CC2)=C1N1CC1. The molecule has 3 saturated heterocycles. The molecule has 6 nitrogen and oxygen atoms in total. The maximum atomic E-state index is 12.4. The zero-order valence-corrected chi connectivity index (χ0v) is 24.2. The first-order chi connectivity index (χ1) is 18.4. The van der Waals surface area contributed by atoms with E-state index in [1.807, 2.05) is 14.7 Å². The Kier molecular flexibility index (Phi) is 9.92. The summed E-state index contributed by atoms with van der Waals surface area (Å²) in [5, 5.41) is 0. The van der Waals surface area contributed by atoms with Crippen molar-refractivity contribution in [1.29, 1.82) is 0 Å². The lowest BCUT2D eigenvalue weighted by Crippen LogP contribution is -2.29. The van der Waals surface area contributed by atoms with Gasteiger partial charge in [0.1, 0.15) is 11.4 Å². The van der Waals surface area contributed by atoms with Gasteiger partial charge >= 0.3 is 0 Å². The molecule has 1 aliphatic carbocycles. The van der Waals surface area contributed by atoms with Gasteiger partial charge in [-0.3, -0.25) is 9.59 Å². The highest BCUT2D eigenvalue weighted by Crippen LogP contribution is 2.34. The minimum absolute atomic E-state index is 0.00546. The third kappa shape index (κ3) is 7.64. The number of carbonyl (C=O) groups is 2. The smallest absolute Gasteiger partial charge is 0.227 e. The average molecular weight is 521 g/mol. The lowest BCUT2D eigenvalue weighted by Gasteiger charge is -2.26. The molecule has 38 heavy (non-hydrogen) atoms. The molecule has 3 fully saturated rings. The molecule has 0 N–H and O–H groups in total. The van der Waals surface area contributed by atoms with E-state index in [1.54, 1.807) is 0 Å². The summed E-state index contributed by atoms with van der Waals surface area (Å²) in [7, 11) is 0. The van der Waals surface area contributed by atoms with Crippen molar-refractivity contribution >= 4 is 17.3 Å². The van der Waals surface area contributed by atoms with E-state index in [4.69, 9.17) is 0 Å². The second-order valence-corrected chi connectivity index (χ2v) is 11.3. The van der Waals surface area contributed by atoms with E-state index in [1.165, 1.54) is 87.3 Å². The Morgan fingerprint density at radius 3 is 1.74 bits per heavy atom. The largest absolute Gasteiger partial charge is 0.372 e. The Morgan fingerprint density at radius 2 is 1.24 bits per heavy atom. The van der Waals surface area contributed by atoms with Crippen LogP contribution in [-0.4, -0.2) is 78.6 Å². The van der Waals surface area contributed by atoms with Crippen LogP contribution in [0.4, 0.5) is 5.69 Å². The standard InChI is InChI=1S/C20H35N.C12H13N3O2/c1-5-7-9-11-15-21(16-12-10-8-6-2)20-14-13-18(3)19(4)17-20;16-9-7-8(13-1-2-13)12(17)11(15-5-6-15)10(9)14-3-4-14/h13-14,17H,5-12,15-16H2,1-4H3;7H,1-6H2. The summed E-state index contributed by atoms with van der Waals surface area (Å²) < 4.78 is 0. The molecule has 0 atom stereocenters. The maximum Gasteiger partial charge on any atom is 0.227 e. The van der Waals surface area contributed by atoms with Crippen LogP contribution in [0.2, 0.25) is 0 Å². The van der Waals surface area contributed by atoms with E-state index in [0.29, 0.717) is 17.1 Å². The molecule has 208 valence electrons. The molecule has 0 spiro atoms. The number of allylic oxidation sites excluding steroid dienone is 1. The van der Waals surface area contributed by atoms with Gasteiger partial charge in [-0.05, 0) is 49.9 Å². The predicted molar refractivity (Wildman–Crippen MR) is 156 cm³/mol. The van der Waals surface area contributed by atoms with Crippen molar-refractivity contribution < 1.29 is 9.59 Å². The van der Waals surface area contributed by atoms with E-state index < -0.39 is 0 Å². The highest BCUT2D eigenvalue weighted by atomic mass is 16.1. The van der Waals surface area contributed by atoms with Crippen LogP contribution in [0.1, 0.15) is 76.3 Å². The third-order valence-electron chi connectivity index (χ3n) is 7.91. The number of Topliss-reactive ketones (excluding diaryl/α,β-unsaturated/α-hetero) is 1. The summed E-state index contributed by atoms with van der Waals surface area (Å²) in [5.41, 5.74) is 6.12. The fourth-order valence-corrected chi connectivity index (χ4v) is 5.03. The van der Waals surface area contributed by atoms with Gasteiger partial charge in [-0.2, -0.15) is 0 Å². The van der Waals surface area contributed by atoms with Crippen LogP contribution in [0.5, 0.6) is 0 Å². The molecule has 0 radical (unpaired) electrons. The van der Waals surface area contributed by atoms with Crippen molar-refractivity contribution in [2.24, 2.45) is 0 Å². The number of carbonyl (C=O) groups excluding carboxylic acids is 2. The van der Waals surface area contributed by atoms with Gasteiger partial charge in [-0.15, -0.1) is 0 Å². The van der Waals surface area contributed by atoms with Crippen LogP contribution in [0.15, 0.2) is 41.4 Å². The highest BCUT2D eigenvalue weighted by Gasteiger charge is 2.43. The number of ketones is 2. The number of unbranched alkanes of at least 4 members (excludes halogenated alkanes) is 6. The zero-order chi connectivity index (χ0) is 27.1. The van der Waals surface area contributed by atoms with E-state index in [9.17, 15) is 9.59 Å². The lowest BCUT2D eigenvalue weighted by molar-refractivity contribution is -0.117. The van der Waals surface area contributed by atoms with Crippen molar-refractivity contribution in [2.45, 2.75) is 79.1 Å². The topological polar surface area (TPSA) is 46.4 Å². The molecule has 3 heterocycles. The second-order valence-electron chi connectivity index (χ2n) is 11.3. The van der Waals surface area contributed by atoms with Crippen LogP contribution < -0.4 is 4.90 Å². The summed E-state index contributed by atoms with van der Waals surface area (Å²) in [6.45, 7) is 16.8. The van der Waals surface area contributed by atoms with Gasteiger partial charge in [0.05, 0.1) is 5.70 Å². The fourth-order valence-electron chi connectivity index (χ4n) is 5.03. The van der Waals surface area contributed by atoms with E-state index in [2.05, 4.69) is 50.8 Å². The second kappa shape index (κ2) is 13.3. The first-order valence-electron chi connectivity index (χ1n) is 15.1. The van der Waals surface area contributed by atoms with Crippen molar-refractivity contribution in [3.63, 3.8) is 0 Å². The minimum Gasteiger partial charge on any atom is -0.372 e. The Hall–Kier alpha value is -2.76. The van der Waals surface area contributed by atoms with Crippen molar-refractivity contribution in [3.8, 4) is 0 Å². The molecular formula is C32H48N4O2. The number of anilines is 1. The van der Waals surface area contributed by atoms with Crippen LogP contribution >= 0.6 is 0 Å².